The molecule has 2 N–H and O–H groups in total. The van der Waals surface area contributed by atoms with Crippen molar-refractivity contribution in [3.8, 4) is 0 Å². The molecular weight excluding hydrogens is 348 g/mol. The first-order valence-electron chi connectivity index (χ1n) is 11.4. The van der Waals surface area contributed by atoms with Crippen LogP contribution in [-0.4, -0.2) is 27.6 Å². The molecule has 0 aliphatic heterocycles. The molecule has 4 aliphatic rings. The number of carbonyl (C=O) groups is 1. The molecule has 1 aromatic rings. The number of aliphatic carboxylic acids is 1. The van der Waals surface area contributed by atoms with Crippen molar-refractivity contribution in [3.05, 3.63) is 30.1 Å². The molecule has 4 nitrogen and oxygen atoms in total. The highest BCUT2D eigenvalue weighted by atomic mass is 16.4. The summed E-state index contributed by atoms with van der Waals surface area (Å²) in [6.07, 6.45) is 16.8. The van der Waals surface area contributed by atoms with Crippen LogP contribution in [0.5, 0.6) is 0 Å². The summed E-state index contributed by atoms with van der Waals surface area (Å²) >= 11 is 0. The molecule has 1 unspecified atom stereocenters. The summed E-state index contributed by atoms with van der Waals surface area (Å²) in [7, 11) is 0. The number of aryl methyl sites for hydroxylation is 1. The van der Waals surface area contributed by atoms with Crippen LogP contribution in [0.4, 0.5) is 0 Å². The summed E-state index contributed by atoms with van der Waals surface area (Å²) in [5.74, 6) is 2.52. The van der Waals surface area contributed by atoms with Gasteiger partial charge in [0.05, 0.1) is 0 Å². The highest BCUT2D eigenvalue weighted by molar-refractivity contribution is 5.66. The van der Waals surface area contributed by atoms with Crippen molar-refractivity contribution in [2.45, 2.75) is 96.1 Å². The van der Waals surface area contributed by atoms with Gasteiger partial charge in [0.15, 0.2) is 0 Å². The Morgan fingerprint density at radius 2 is 1.71 bits per heavy atom. The number of hydrogen-bond acceptors (Lipinski definition) is 3. The second-order valence-electron chi connectivity index (χ2n) is 9.61. The average molecular weight is 387 g/mol. The van der Waals surface area contributed by atoms with Crippen molar-refractivity contribution in [1.29, 1.82) is 0 Å². The van der Waals surface area contributed by atoms with E-state index in [1.807, 2.05) is 12.1 Å². The number of nitrogens with zero attached hydrogens (tertiary/aromatic N) is 1. The van der Waals surface area contributed by atoms with Gasteiger partial charge in [0.2, 0.25) is 0 Å². The van der Waals surface area contributed by atoms with Crippen LogP contribution in [0.15, 0.2) is 24.5 Å². The topological polar surface area (TPSA) is 62.2 Å². The number of aromatic nitrogens is 1. The van der Waals surface area contributed by atoms with Crippen molar-refractivity contribution in [3.63, 3.8) is 0 Å². The maximum absolute atomic E-state index is 10.2. The lowest BCUT2D eigenvalue weighted by molar-refractivity contribution is -0.137. The zero-order valence-corrected chi connectivity index (χ0v) is 17.7. The standard InChI is InChI=1S/C14H25N.C10H13NO2/c1-3-10(2)15-14-7-11-4-12(8-14)6-13(5-11)9-14;12-10(13)4-2-1-3-9-5-7-11-8-6-9/h10-13,15H,3-9H2,1-2H3;5-8H,1-4H2,(H,12,13). The first-order chi connectivity index (χ1) is 13.5. The minimum atomic E-state index is -0.713. The molecule has 0 amide bonds. The molecule has 0 radical (unpaired) electrons. The average Bonchev–Trinajstić information content (AvgIpc) is 2.65. The maximum Gasteiger partial charge on any atom is 0.303 e. The van der Waals surface area contributed by atoms with Gasteiger partial charge >= 0.3 is 5.97 Å². The van der Waals surface area contributed by atoms with E-state index in [1.54, 1.807) is 31.7 Å². The van der Waals surface area contributed by atoms with E-state index in [2.05, 4.69) is 24.1 Å². The molecule has 0 aromatic carbocycles. The first-order valence-corrected chi connectivity index (χ1v) is 11.4. The third-order valence-electron chi connectivity index (χ3n) is 7.06. The van der Waals surface area contributed by atoms with Crippen molar-refractivity contribution < 1.29 is 9.90 Å². The predicted molar refractivity (Wildman–Crippen MR) is 113 cm³/mol. The van der Waals surface area contributed by atoms with Gasteiger partial charge in [0, 0.05) is 30.4 Å². The molecule has 1 heterocycles. The summed E-state index contributed by atoms with van der Waals surface area (Å²) in [6, 6.07) is 4.64. The summed E-state index contributed by atoms with van der Waals surface area (Å²) < 4.78 is 0. The molecule has 4 bridgehead atoms. The Morgan fingerprint density at radius 3 is 2.21 bits per heavy atom. The van der Waals surface area contributed by atoms with E-state index in [4.69, 9.17) is 5.11 Å². The summed E-state index contributed by atoms with van der Waals surface area (Å²) in [5, 5.41) is 12.4. The monoisotopic (exact) mass is 386 g/mol. The van der Waals surface area contributed by atoms with Gasteiger partial charge in [-0.25, -0.2) is 0 Å². The second-order valence-corrected chi connectivity index (χ2v) is 9.61. The zero-order chi connectivity index (χ0) is 20.0. The Hall–Kier alpha value is -1.42. The molecule has 1 aromatic heterocycles. The van der Waals surface area contributed by atoms with Crippen molar-refractivity contribution in [2.24, 2.45) is 17.8 Å². The quantitative estimate of drug-likeness (QED) is 0.601. The van der Waals surface area contributed by atoms with E-state index in [0.29, 0.717) is 5.54 Å². The van der Waals surface area contributed by atoms with Crippen molar-refractivity contribution >= 4 is 5.97 Å². The largest absolute Gasteiger partial charge is 0.481 e. The predicted octanol–water partition coefficient (Wildman–Crippen LogP) is 5.22. The molecule has 0 saturated heterocycles. The van der Waals surface area contributed by atoms with Crippen LogP contribution in [0.3, 0.4) is 0 Å². The summed E-state index contributed by atoms with van der Waals surface area (Å²) in [6.45, 7) is 4.66. The maximum atomic E-state index is 10.2. The minimum absolute atomic E-state index is 0.269. The summed E-state index contributed by atoms with van der Waals surface area (Å²) in [5.41, 5.74) is 1.80. The Bertz CT molecular complexity index is 581. The molecule has 4 saturated carbocycles. The fraction of sp³-hybridized carbons (Fsp3) is 0.750. The molecule has 5 rings (SSSR count). The SMILES string of the molecule is CCC(C)NC12CC3CC(CC(C3)C1)C2.O=C(O)CCCCc1ccncc1. The highest BCUT2D eigenvalue weighted by Gasteiger charge is 2.50. The number of unbranched alkanes of at least 4 members (excludes halogenated alkanes) is 1. The van der Waals surface area contributed by atoms with Gasteiger partial charge in [-0.1, -0.05) is 6.92 Å². The van der Waals surface area contributed by atoms with Gasteiger partial charge in [-0.3, -0.25) is 9.78 Å². The van der Waals surface area contributed by atoms with E-state index in [9.17, 15) is 4.79 Å². The van der Waals surface area contributed by atoms with Gasteiger partial charge in [-0.05, 0) is 107 Å². The first kappa shape index (κ1) is 21.3. The Balaban J connectivity index is 0.000000163. The fourth-order valence-electron chi connectivity index (χ4n) is 6.07. The van der Waals surface area contributed by atoms with Crippen molar-refractivity contribution in [2.75, 3.05) is 0 Å². The van der Waals surface area contributed by atoms with Gasteiger partial charge in [0.25, 0.3) is 0 Å². The van der Waals surface area contributed by atoms with E-state index >= 15 is 0 Å². The molecule has 4 fully saturated rings. The van der Waals surface area contributed by atoms with Crippen LogP contribution in [0, 0.1) is 17.8 Å². The molecule has 4 aliphatic carbocycles. The fourth-order valence-corrected chi connectivity index (χ4v) is 6.07. The number of carboxylic acids is 1. The lowest BCUT2D eigenvalue weighted by Gasteiger charge is -2.57. The normalized spacial score (nSPS) is 31.1. The lowest BCUT2D eigenvalue weighted by Crippen LogP contribution is -2.60. The molecule has 1 atom stereocenters. The van der Waals surface area contributed by atoms with Gasteiger partial charge in [0.1, 0.15) is 0 Å². The number of rotatable bonds is 8. The molecule has 0 spiro atoms. The van der Waals surface area contributed by atoms with Gasteiger partial charge < -0.3 is 10.4 Å². The van der Waals surface area contributed by atoms with Crippen molar-refractivity contribution in [1.82, 2.24) is 10.3 Å². The van der Waals surface area contributed by atoms with Crippen LogP contribution in [0.1, 0.15) is 83.6 Å². The third kappa shape index (κ3) is 6.04. The molecule has 156 valence electrons. The Kier molecular flexibility index (Phi) is 7.50. The number of carboxylic acid groups (broad SMARTS) is 1. The van der Waals surface area contributed by atoms with Gasteiger partial charge in [-0.15, -0.1) is 0 Å². The molecular formula is C24H38N2O2. The zero-order valence-electron chi connectivity index (χ0n) is 17.7. The second kappa shape index (κ2) is 9.87. The Morgan fingerprint density at radius 1 is 1.14 bits per heavy atom. The number of nitrogens with one attached hydrogen (secondary N) is 1. The van der Waals surface area contributed by atoms with E-state index in [1.165, 1.54) is 31.2 Å². The highest BCUT2D eigenvalue weighted by Crippen LogP contribution is 2.55. The van der Waals surface area contributed by atoms with Gasteiger partial charge in [-0.2, -0.15) is 0 Å². The van der Waals surface area contributed by atoms with E-state index < -0.39 is 5.97 Å². The van der Waals surface area contributed by atoms with Crippen LogP contribution >= 0.6 is 0 Å². The third-order valence-corrected chi connectivity index (χ3v) is 7.06. The number of hydrogen-bond donors (Lipinski definition) is 2. The lowest BCUT2D eigenvalue weighted by atomic mass is 9.53. The summed E-state index contributed by atoms with van der Waals surface area (Å²) in [4.78, 5) is 14.1. The smallest absolute Gasteiger partial charge is 0.303 e. The Labute approximate surface area is 170 Å². The van der Waals surface area contributed by atoms with Crippen LogP contribution in [-0.2, 0) is 11.2 Å². The van der Waals surface area contributed by atoms with E-state index in [0.717, 1.165) is 43.1 Å². The van der Waals surface area contributed by atoms with Crippen LogP contribution in [0.2, 0.25) is 0 Å². The molecule has 4 heteroatoms. The van der Waals surface area contributed by atoms with Crippen LogP contribution < -0.4 is 5.32 Å². The van der Waals surface area contributed by atoms with E-state index in [-0.39, 0.29) is 6.42 Å². The minimum Gasteiger partial charge on any atom is -0.481 e. The number of pyridine rings is 1. The molecule has 28 heavy (non-hydrogen) atoms. The van der Waals surface area contributed by atoms with Crippen LogP contribution in [0.25, 0.3) is 0 Å².